The van der Waals surface area contributed by atoms with Crippen LogP contribution in [-0.2, 0) is 0 Å². The molecule has 0 aliphatic rings. The predicted octanol–water partition coefficient (Wildman–Crippen LogP) is 2.52. The second kappa shape index (κ2) is 3.14. The number of carbonyl (C=O) groups is 1. The van der Waals surface area contributed by atoms with Crippen molar-refractivity contribution in [3.05, 3.63) is 28.3 Å². The van der Waals surface area contributed by atoms with Crippen LogP contribution in [0.3, 0.4) is 0 Å². The Morgan fingerprint density at radius 3 is 3.00 bits per heavy atom. The number of nitrogens with zero attached hydrogens (tertiary/aromatic N) is 1. The Morgan fingerprint density at radius 2 is 2.46 bits per heavy atom. The standard InChI is InChI=1S/C9H7NO2S/c1-6-8(4-7(5-11)13-6)9-10-2-3-12-9/h2-5H,1H3. The highest BCUT2D eigenvalue weighted by atomic mass is 32.1. The van der Waals surface area contributed by atoms with Gasteiger partial charge in [0.05, 0.1) is 16.6 Å². The molecule has 3 nitrogen and oxygen atoms in total. The van der Waals surface area contributed by atoms with E-state index in [0.717, 1.165) is 16.7 Å². The second-order valence-corrected chi connectivity index (χ2v) is 3.86. The molecule has 0 atom stereocenters. The molecule has 0 aliphatic carbocycles. The molecular formula is C9H7NO2S. The van der Waals surface area contributed by atoms with Crippen LogP contribution in [-0.4, -0.2) is 11.3 Å². The normalized spacial score (nSPS) is 10.2. The first-order valence-electron chi connectivity index (χ1n) is 3.76. The van der Waals surface area contributed by atoms with Gasteiger partial charge in [-0.3, -0.25) is 4.79 Å². The molecule has 2 heterocycles. The van der Waals surface area contributed by atoms with E-state index in [1.54, 1.807) is 12.3 Å². The summed E-state index contributed by atoms with van der Waals surface area (Å²) in [4.78, 5) is 16.3. The lowest BCUT2D eigenvalue weighted by Gasteiger charge is -1.89. The maximum absolute atomic E-state index is 10.5. The predicted molar refractivity (Wildman–Crippen MR) is 49.9 cm³/mol. The quantitative estimate of drug-likeness (QED) is 0.688. The molecule has 0 radical (unpaired) electrons. The summed E-state index contributed by atoms with van der Waals surface area (Å²) in [7, 11) is 0. The molecule has 0 fully saturated rings. The van der Waals surface area contributed by atoms with Gasteiger partial charge in [-0.2, -0.15) is 0 Å². The number of aryl methyl sites for hydroxylation is 1. The Kier molecular flexibility index (Phi) is 1.98. The van der Waals surface area contributed by atoms with Crippen molar-refractivity contribution >= 4 is 17.6 Å². The molecule has 4 heteroatoms. The molecule has 0 amide bonds. The highest BCUT2D eigenvalue weighted by Gasteiger charge is 2.10. The fraction of sp³-hybridized carbons (Fsp3) is 0.111. The number of oxazole rings is 1. The molecule has 2 aromatic heterocycles. The van der Waals surface area contributed by atoms with Crippen molar-refractivity contribution in [3.8, 4) is 11.5 Å². The van der Waals surface area contributed by atoms with Gasteiger partial charge in [0.15, 0.2) is 6.29 Å². The lowest BCUT2D eigenvalue weighted by Crippen LogP contribution is -1.74. The SMILES string of the molecule is Cc1sc(C=O)cc1-c1ncco1. The maximum atomic E-state index is 10.5. The topological polar surface area (TPSA) is 43.1 Å². The number of thiophene rings is 1. The van der Waals surface area contributed by atoms with E-state index in [1.807, 2.05) is 6.92 Å². The summed E-state index contributed by atoms with van der Waals surface area (Å²) < 4.78 is 5.14. The van der Waals surface area contributed by atoms with E-state index < -0.39 is 0 Å². The van der Waals surface area contributed by atoms with Gasteiger partial charge in [-0.15, -0.1) is 11.3 Å². The van der Waals surface area contributed by atoms with Gasteiger partial charge < -0.3 is 4.42 Å². The van der Waals surface area contributed by atoms with Gasteiger partial charge >= 0.3 is 0 Å². The van der Waals surface area contributed by atoms with Crippen LogP contribution in [0.15, 0.2) is 22.9 Å². The molecule has 0 aromatic carbocycles. The largest absolute Gasteiger partial charge is 0.444 e. The lowest BCUT2D eigenvalue weighted by molar-refractivity contribution is 0.112. The Labute approximate surface area is 79.0 Å². The van der Waals surface area contributed by atoms with Crippen molar-refractivity contribution in [2.45, 2.75) is 6.92 Å². The molecule has 0 N–H and O–H groups in total. The van der Waals surface area contributed by atoms with Crippen LogP contribution in [0.25, 0.3) is 11.5 Å². The van der Waals surface area contributed by atoms with Crippen molar-refractivity contribution in [3.63, 3.8) is 0 Å². The lowest BCUT2D eigenvalue weighted by atomic mass is 10.2. The average molecular weight is 193 g/mol. The van der Waals surface area contributed by atoms with Crippen LogP contribution in [0, 0.1) is 6.92 Å². The number of aldehydes is 1. The van der Waals surface area contributed by atoms with E-state index >= 15 is 0 Å². The molecule has 0 spiro atoms. The fourth-order valence-electron chi connectivity index (χ4n) is 1.13. The Morgan fingerprint density at radius 1 is 1.62 bits per heavy atom. The third-order valence-corrected chi connectivity index (χ3v) is 2.69. The monoisotopic (exact) mass is 193 g/mol. The van der Waals surface area contributed by atoms with Crippen LogP contribution < -0.4 is 0 Å². The summed E-state index contributed by atoms with van der Waals surface area (Å²) in [6, 6.07) is 1.79. The van der Waals surface area contributed by atoms with Crippen LogP contribution in [0.5, 0.6) is 0 Å². The zero-order valence-corrected chi connectivity index (χ0v) is 7.80. The van der Waals surface area contributed by atoms with Gasteiger partial charge in [-0.1, -0.05) is 0 Å². The van der Waals surface area contributed by atoms with Crippen molar-refractivity contribution < 1.29 is 9.21 Å². The van der Waals surface area contributed by atoms with E-state index in [4.69, 9.17) is 4.42 Å². The van der Waals surface area contributed by atoms with Crippen LogP contribution in [0.4, 0.5) is 0 Å². The van der Waals surface area contributed by atoms with Crippen LogP contribution >= 0.6 is 11.3 Å². The second-order valence-electron chi connectivity index (χ2n) is 2.57. The molecular weight excluding hydrogens is 186 g/mol. The highest BCUT2D eigenvalue weighted by Crippen LogP contribution is 2.28. The Bertz CT molecular complexity index is 417. The first kappa shape index (κ1) is 8.19. The third-order valence-electron chi connectivity index (χ3n) is 1.72. The van der Waals surface area contributed by atoms with Crippen molar-refractivity contribution in [2.24, 2.45) is 0 Å². The molecule has 0 bridgehead atoms. The number of carbonyl (C=O) groups excluding carboxylic acids is 1. The van der Waals surface area contributed by atoms with Gasteiger partial charge in [0.1, 0.15) is 6.26 Å². The van der Waals surface area contributed by atoms with E-state index in [2.05, 4.69) is 4.98 Å². The van der Waals surface area contributed by atoms with Crippen LogP contribution in [0.2, 0.25) is 0 Å². The van der Waals surface area contributed by atoms with E-state index in [0.29, 0.717) is 10.8 Å². The summed E-state index contributed by atoms with van der Waals surface area (Å²) >= 11 is 1.44. The van der Waals surface area contributed by atoms with E-state index in [1.165, 1.54) is 17.6 Å². The zero-order valence-electron chi connectivity index (χ0n) is 6.98. The Balaban J connectivity index is 2.52. The van der Waals surface area contributed by atoms with Gasteiger partial charge in [0.2, 0.25) is 5.89 Å². The van der Waals surface area contributed by atoms with Crippen LogP contribution in [0.1, 0.15) is 14.5 Å². The van der Waals surface area contributed by atoms with Gasteiger partial charge in [-0.25, -0.2) is 4.98 Å². The van der Waals surface area contributed by atoms with E-state index in [-0.39, 0.29) is 0 Å². The molecule has 0 saturated carbocycles. The first-order valence-corrected chi connectivity index (χ1v) is 4.58. The van der Waals surface area contributed by atoms with E-state index in [9.17, 15) is 4.79 Å². The van der Waals surface area contributed by atoms with Gasteiger partial charge in [-0.05, 0) is 13.0 Å². The third kappa shape index (κ3) is 1.40. The average Bonchev–Trinajstić information content (AvgIpc) is 2.72. The van der Waals surface area contributed by atoms with Crippen molar-refractivity contribution in [1.29, 1.82) is 0 Å². The summed E-state index contributed by atoms with van der Waals surface area (Å²) in [5.41, 5.74) is 0.900. The molecule has 0 aliphatic heterocycles. The Hall–Kier alpha value is -1.42. The molecule has 13 heavy (non-hydrogen) atoms. The highest BCUT2D eigenvalue weighted by molar-refractivity contribution is 7.14. The summed E-state index contributed by atoms with van der Waals surface area (Å²) in [5.74, 6) is 0.571. The molecule has 2 aromatic rings. The molecule has 0 saturated heterocycles. The summed E-state index contributed by atoms with van der Waals surface area (Å²) in [5, 5.41) is 0. The fourth-order valence-corrected chi connectivity index (χ4v) is 1.97. The van der Waals surface area contributed by atoms with Gasteiger partial charge in [0, 0.05) is 4.88 Å². The van der Waals surface area contributed by atoms with Crippen molar-refractivity contribution in [2.75, 3.05) is 0 Å². The van der Waals surface area contributed by atoms with Crippen molar-refractivity contribution in [1.82, 2.24) is 4.98 Å². The number of aromatic nitrogens is 1. The summed E-state index contributed by atoms with van der Waals surface area (Å²) in [6.07, 6.45) is 3.95. The minimum atomic E-state index is 0.571. The molecule has 2 rings (SSSR count). The minimum absolute atomic E-state index is 0.571. The number of rotatable bonds is 2. The minimum Gasteiger partial charge on any atom is -0.444 e. The molecule has 0 unspecified atom stereocenters. The van der Waals surface area contributed by atoms with Gasteiger partial charge in [0.25, 0.3) is 0 Å². The smallest absolute Gasteiger partial charge is 0.227 e. The number of hydrogen-bond donors (Lipinski definition) is 0. The number of hydrogen-bond acceptors (Lipinski definition) is 4. The maximum Gasteiger partial charge on any atom is 0.227 e. The summed E-state index contributed by atoms with van der Waals surface area (Å²) in [6.45, 7) is 1.94. The first-order chi connectivity index (χ1) is 6.31. The zero-order chi connectivity index (χ0) is 9.26. The molecule has 66 valence electrons.